The molecule has 0 saturated heterocycles. The molecular weight excluding hydrogens is 1250 g/mol. The molecule has 0 aromatic heterocycles. The van der Waals surface area contributed by atoms with Crippen LogP contribution in [0.25, 0.3) is 6.08 Å². The molecule has 13 unspecified atom stereocenters. The molecule has 0 radical (unpaired) electrons. The SMILES string of the molecule is C=C(C)C(=O)OC(C)(C)C12CC3CC(CC(C3)C1)C2.C=C(C)C(=O)OC1(CC)CC2CC1C1C3CCC(C3)C21.C=C(C)C(=O)OC12CC3CC(CC(O)(C3)C1)C2.C=C(C)C(=O)OC1CC2CC1CC2CC(O)(C(F)(F)F)C(F)(F)F.C=Cc1ccc(OC(C)=O)c(OC(C)=O)c1. The van der Waals surface area contributed by atoms with Gasteiger partial charge >= 0.3 is 48.2 Å². The Morgan fingerprint density at radius 1 is 0.573 bits per heavy atom. The van der Waals surface area contributed by atoms with Crippen LogP contribution in [-0.2, 0) is 47.7 Å². The van der Waals surface area contributed by atoms with Gasteiger partial charge in [0.2, 0.25) is 0 Å². The van der Waals surface area contributed by atoms with E-state index in [9.17, 15) is 65.3 Å². The van der Waals surface area contributed by atoms with Gasteiger partial charge in [-0.3, -0.25) is 9.59 Å². The van der Waals surface area contributed by atoms with E-state index in [4.69, 9.17) is 28.4 Å². The summed E-state index contributed by atoms with van der Waals surface area (Å²) in [5, 5.41) is 19.8. The van der Waals surface area contributed by atoms with Gasteiger partial charge in [-0.25, -0.2) is 19.2 Å². The smallest absolute Gasteiger partial charge is 0.426 e. The predicted molar refractivity (Wildman–Crippen MR) is 347 cm³/mol. The summed E-state index contributed by atoms with van der Waals surface area (Å²) in [6.07, 6.45) is 10.1. The van der Waals surface area contributed by atoms with Gasteiger partial charge in [0.15, 0.2) is 11.5 Å². The highest BCUT2D eigenvalue weighted by molar-refractivity contribution is 5.88. The topological polar surface area (TPSA) is 198 Å². The molecule has 14 aliphatic carbocycles. The fourth-order valence-corrected chi connectivity index (χ4v) is 21.2. The second-order valence-corrected chi connectivity index (χ2v) is 32.2. The number of hydrogen-bond acceptors (Lipinski definition) is 14. The number of fused-ring (bicyclic) bond motifs is 11. The zero-order chi connectivity index (χ0) is 70.8. The van der Waals surface area contributed by atoms with Crippen LogP contribution < -0.4 is 9.47 Å². The lowest BCUT2D eigenvalue weighted by Crippen LogP contribution is -2.60. The van der Waals surface area contributed by atoms with Gasteiger partial charge in [0.25, 0.3) is 5.60 Å². The van der Waals surface area contributed by atoms with Gasteiger partial charge in [-0.2, -0.15) is 26.3 Å². The molecule has 15 rings (SSSR count). The zero-order valence-electron chi connectivity index (χ0n) is 57.6. The van der Waals surface area contributed by atoms with Crippen molar-refractivity contribution in [3.63, 3.8) is 0 Å². The minimum atomic E-state index is -5.79. The Labute approximate surface area is 562 Å². The van der Waals surface area contributed by atoms with Gasteiger partial charge in [0.05, 0.1) is 5.60 Å². The highest BCUT2D eigenvalue weighted by atomic mass is 19.4. The van der Waals surface area contributed by atoms with Crippen LogP contribution in [0.15, 0.2) is 73.4 Å². The Kier molecular flexibility index (Phi) is 21.5. The predicted octanol–water partition coefficient (Wildman–Crippen LogP) is 16.2. The van der Waals surface area contributed by atoms with E-state index in [1.807, 2.05) is 0 Å². The number of rotatable bonds is 15. The van der Waals surface area contributed by atoms with Crippen LogP contribution in [0.1, 0.15) is 209 Å². The number of aliphatic hydroxyl groups is 2. The Bertz CT molecular complexity index is 3150. The zero-order valence-corrected chi connectivity index (χ0v) is 57.6. The van der Waals surface area contributed by atoms with E-state index in [2.05, 4.69) is 53.7 Å². The Morgan fingerprint density at radius 2 is 1.07 bits per heavy atom. The third-order valence-electron chi connectivity index (χ3n) is 24.5. The van der Waals surface area contributed by atoms with Crippen molar-refractivity contribution >= 4 is 41.9 Å². The van der Waals surface area contributed by atoms with E-state index in [1.54, 1.807) is 45.0 Å². The molecule has 14 fully saturated rings. The van der Waals surface area contributed by atoms with Gasteiger partial charge in [0, 0.05) is 53.9 Å². The fraction of sp³-hybridized carbons (Fsp3) is 0.711. The molecule has 96 heavy (non-hydrogen) atoms. The Hall–Kier alpha value is -5.76. The number of benzene rings is 1. The van der Waals surface area contributed by atoms with E-state index in [0.717, 1.165) is 91.4 Å². The van der Waals surface area contributed by atoms with Crippen LogP contribution >= 0.6 is 0 Å². The number of esters is 6. The summed E-state index contributed by atoms with van der Waals surface area (Å²) in [5.74, 6) is 5.53. The summed E-state index contributed by atoms with van der Waals surface area (Å²) in [6, 6.07) is 4.83. The highest BCUT2D eigenvalue weighted by Crippen LogP contribution is 2.71. The van der Waals surface area contributed by atoms with Crippen LogP contribution in [0.2, 0.25) is 0 Å². The van der Waals surface area contributed by atoms with Crippen LogP contribution in [0.3, 0.4) is 0 Å². The molecule has 532 valence electrons. The number of ether oxygens (including phenoxy) is 6. The van der Waals surface area contributed by atoms with Crippen molar-refractivity contribution in [1.82, 2.24) is 0 Å². The van der Waals surface area contributed by atoms with Crippen molar-refractivity contribution in [2.75, 3.05) is 0 Å². The highest BCUT2D eigenvalue weighted by Gasteiger charge is 2.72. The average Bonchev–Trinajstić information content (AvgIpc) is 1.46. The molecule has 14 bridgehead atoms. The first-order valence-corrected chi connectivity index (χ1v) is 34.8. The van der Waals surface area contributed by atoms with E-state index < -0.39 is 71.4 Å². The van der Waals surface area contributed by atoms with Gasteiger partial charge in [0.1, 0.15) is 22.9 Å². The summed E-state index contributed by atoms with van der Waals surface area (Å²) < 4.78 is 109. The van der Waals surface area contributed by atoms with Crippen molar-refractivity contribution in [2.24, 2.45) is 88.3 Å². The second kappa shape index (κ2) is 27.7. The lowest BCUT2D eigenvalue weighted by atomic mass is 9.46. The monoisotopic (exact) mass is 1350 g/mol. The molecule has 14 aliphatic rings. The molecule has 14 saturated carbocycles. The fourth-order valence-electron chi connectivity index (χ4n) is 21.2. The molecule has 1 aromatic carbocycles. The molecule has 13 atom stereocenters. The van der Waals surface area contributed by atoms with Gasteiger partial charge in [-0.05, 0) is 271 Å². The van der Waals surface area contributed by atoms with Crippen molar-refractivity contribution in [3.05, 3.63) is 78.9 Å². The number of alkyl halides is 6. The maximum Gasteiger partial charge on any atom is 0.426 e. The van der Waals surface area contributed by atoms with E-state index in [0.29, 0.717) is 47.3 Å². The van der Waals surface area contributed by atoms with Crippen LogP contribution in [0.4, 0.5) is 26.3 Å². The standard InChI is InChI=1S/C18H26O2.C17H26O2.C15H18F6O3.C14H20O3.C12H12O4/c1-4-18(20-17(19)10(2)3)9-13-8-14(18)16-12-6-5-11(7-12)15(13)16;1-11(2)15(18)19-16(3,4)17-8-12-5-13(9-17)7-14(6-12)10-17;1-7(2)12(22)24-11-5-8-3-9(11)4-10(8)6-13(23,14(16,17)18)15(19,20)21;1-9(2)12(15)17-14-6-10-3-11(7-14)5-13(16,4-10)8-14;1-4-10-5-6-11(15-8(2)13)12(7-10)16-9(3)14/h11-16H,2,4-9H2,1,3H3;12-14H,1,5-10H2,2-4H3;8-11,23H,1,3-6H2,2H3;10-11,16H,1,3-8H2,2H3;4-7H,1H2,2-3H3. The van der Waals surface area contributed by atoms with Crippen molar-refractivity contribution < 1.29 is 93.7 Å². The van der Waals surface area contributed by atoms with Gasteiger partial charge in [-0.15, -0.1) is 0 Å². The Morgan fingerprint density at radius 3 is 1.54 bits per heavy atom. The van der Waals surface area contributed by atoms with E-state index in [1.165, 1.54) is 91.4 Å². The molecule has 1 aromatic rings. The first-order valence-electron chi connectivity index (χ1n) is 34.8. The van der Waals surface area contributed by atoms with E-state index >= 15 is 0 Å². The lowest BCUT2D eigenvalue weighted by molar-refractivity contribution is -0.373. The summed E-state index contributed by atoms with van der Waals surface area (Å²) in [7, 11) is 0. The normalized spacial score (nSPS) is 36.2. The summed E-state index contributed by atoms with van der Waals surface area (Å²) in [6.45, 7) is 33.7. The maximum absolute atomic E-state index is 12.8. The lowest BCUT2D eigenvalue weighted by Gasteiger charge is -2.61. The van der Waals surface area contributed by atoms with Gasteiger partial charge < -0.3 is 38.6 Å². The largest absolute Gasteiger partial charge is 0.459 e. The molecular formula is C76H102F6O14. The van der Waals surface area contributed by atoms with Gasteiger partial charge in [-0.1, -0.05) is 52.0 Å². The maximum atomic E-state index is 12.8. The summed E-state index contributed by atoms with van der Waals surface area (Å²) in [5.41, 5.74) is -3.49. The van der Waals surface area contributed by atoms with Crippen LogP contribution in [-0.4, -0.2) is 92.5 Å². The first kappa shape index (κ1) is 74.5. The van der Waals surface area contributed by atoms with Crippen LogP contribution in [0, 0.1) is 88.3 Å². The molecule has 0 aliphatic heterocycles. The molecule has 0 amide bonds. The Balaban J connectivity index is 0.000000142. The van der Waals surface area contributed by atoms with Crippen molar-refractivity contribution in [2.45, 2.75) is 250 Å². The number of carbonyl (C=O) groups is 6. The molecule has 14 nitrogen and oxygen atoms in total. The third kappa shape index (κ3) is 15.5. The van der Waals surface area contributed by atoms with E-state index in [-0.39, 0.29) is 70.4 Å². The third-order valence-corrected chi connectivity index (χ3v) is 24.5. The molecule has 0 spiro atoms. The number of carbonyl (C=O) groups excluding carboxylic acids is 6. The van der Waals surface area contributed by atoms with Crippen LogP contribution in [0.5, 0.6) is 11.5 Å². The molecule has 0 heterocycles. The first-order chi connectivity index (χ1) is 44.5. The molecule has 20 heteroatoms. The number of halogens is 6. The summed E-state index contributed by atoms with van der Waals surface area (Å²) >= 11 is 0. The quantitative estimate of drug-likeness (QED) is 0.0420. The molecule has 2 N–H and O–H groups in total. The van der Waals surface area contributed by atoms with Crippen molar-refractivity contribution in [3.8, 4) is 11.5 Å². The summed E-state index contributed by atoms with van der Waals surface area (Å²) in [4.78, 5) is 68.9. The number of hydrogen-bond donors (Lipinski definition) is 2. The average molecular weight is 1350 g/mol. The minimum Gasteiger partial charge on any atom is -0.459 e. The second-order valence-electron chi connectivity index (χ2n) is 32.2. The minimum absolute atomic E-state index is 0.0628. The van der Waals surface area contributed by atoms with Crippen molar-refractivity contribution in [1.29, 1.82) is 0 Å².